The lowest BCUT2D eigenvalue weighted by Crippen LogP contribution is -2.23. The van der Waals surface area contributed by atoms with Gasteiger partial charge < -0.3 is 4.74 Å². The highest BCUT2D eigenvalue weighted by molar-refractivity contribution is 7.98. The quantitative estimate of drug-likeness (QED) is 0.234. The normalized spacial score (nSPS) is 11.7. The van der Waals surface area contributed by atoms with E-state index >= 15 is 0 Å². The van der Waals surface area contributed by atoms with Crippen molar-refractivity contribution in [3.63, 3.8) is 0 Å². The Morgan fingerprint density at radius 2 is 1.66 bits per heavy atom. The van der Waals surface area contributed by atoms with Crippen LogP contribution in [-0.4, -0.2) is 16.7 Å². The van der Waals surface area contributed by atoms with Gasteiger partial charge in [-0.05, 0) is 66.6 Å². The van der Waals surface area contributed by atoms with Crippen molar-refractivity contribution in [1.82, 2.24) is 9.55 Å². The Bertz CT molecular complexity index is 1350. The second-order valence-electron chi connectivity index (χ2n) is 8.71. The Morgan fingerprint density at radius 3 is 2.29 bits per heavy atom. The zero-order valence-electron chi connectivity index (χ0n) is 19.7. The maximum Gasteiger partial charge on any atom is 0.173 e. The molecule has 4 rings (SSSR count). The van der Waals surface area contributed by atoms with Crippen LogP contribution in [0.25, 0.3) is 5.69 Å². The minimum Gasteiger partial charge on any atom is -0.495 e. The first-order valence-corrected chi connectivity index (χ1v) is 12.2. The Hall–Kier alpha value is -2.90. The van der Waals surface area contributed by atoms with Crippen molar-refractivity contribution < 1.29 is 17.9 Å². The van der Waals surface area contributed by atoms with Crippen LogP contribution in [-0.2, 0) is 11.2 Å². The van der Waals surface area contributed by atoms with Gasteiger partial charge in [-0.2, -0.15) is 0 Å². The molecule has 1 aromatic heterocycles. The molecule has 0 aliphatic carbocycles. The molecule has 182 valence electrons. The van der Waals surface area contributed by atoms with Crippen LogP contribution in [0.2, 0.25) is 5.02 Å². The van der Waals surface area contributed by atoms with E-state index in [0.29, 0.717) is 27.2 Å². The lowest BCUT2D eigenvalue weighted by Gasteiger charge is -2.28. The number of hydrogen-bond donors (Lipinski definition) is 0. The van der Waals surface area contributed by atoms with Crippen LogP contribution >= 0.6 is 23.4 Å². The van der Waals surface area contributed by atoms with Crippen LogP contribution in [0.1, 0.15) is 36.2 Å². The molecule has 0 fully saturated rings. The van der Waals surface area contributed by atoms with Crippen LogP contribution in [0.3, 0.4) is 0 Å². The van der Waals surface area contributed by atoms with E-state index in [1.54, 1.807) is 38.4 Å². The number of aryl methyl sites for hydroxylation is 1. The van der Waals surface area contributed by atoms with Gasteiger partial charge in [-0.25, -0.2) is 18.2 Å². The summed E-state index contributed by atoms with van der Waals surface area (Å²) in [6.45, 7) is 5.70. The maximum atomic E-state index is 14.5. The molecule has 0 unspecified atom stereocenters. The van der Waals surface area contributed by atoms with Gasteiger partial charge in [-0.3, -0.25) is 4.57 Å². The second-order valence-corrected chi connectivity index (χ2v) is 10.1. The first kappa shape index (κ1) is 25.2. The third-order valence-corrected chi connectivity index (χ3v) is 7.25. The average Bonchev–Trinajstić information content (AvgIpc) is 3.24. The highest BCUT2D eigenvalue weighted by atomic mass is 35.5. The molecule has 0 radical (unpaired) electrons. The van der Waals surface area contributed by atoms with Gasteiger partial charge in [-0.15, -0.1) is 0 Å². The lowest BCUT2D eigenvalue weighted by molar-refractivity contribution is 0.413. The summed E-state index contributed by atoms with van der Waals surface area (Å²) in [7, 11) is 1.55. The van der Waals surface area contributed by atoms with Crippen molar-refractivity contribution in [3.05, 3.63) is 106 Å². The molecule has 0 atom stereocenters. The molecule has 3 nitrogen and oxygen atoms in total. The van der Waals surface area contributed by atoms with Crippen molar-refractivity contribution in [2.45, 2.75) is 37.1 Å². The Balaban J connectivity index is 1.79. The zero-order valence-corrected chi connectivity index (χ0v) is 21.3. The fraction of sp³-hybridized carbons (Fsp3) is 0.222. The number of halogens is 4. The third kappa shape index (κ3) is 5.07. The van der Waals surface area contributed by atoms with Gasteiger partial charge >= 0.3 is 0 Å². The molecule has 0 aliphatic heterocycles. The predicted molar refractivity (Wildman–Crippen MR) is 134 cm³/mol. The summed E-state index contributed by atoms with van der Waals surface area (Å²) in [4.78, 5) is 4.59. The van der Waals surface area contributed by atoms with Crippen LogP contribution in [0.15, 0.2) is 66.0 Å². The fourth-order valence-corrected chi connectivity index (χ4v) is 5.12. The third-order valence-electron chi connectivity index (χ3n) is 5.96. The van der Waals surface area contributed by atoms with E-state index in [9.17, 15) is 13.2 Å². The molecule has 35 heavy (non-hydrogen) atoms. The van der Waals surface area contributed by atoms with Gasteiger partial charge in [0.2, 0.25) is 0 Å². The first-order chi connectivity index (χ1) is 16.6. The highest BCUT2D eigenvalue weighted by Gasteiger charge is 2.30. The molecule has 0 amide bonds. The molecular formula is C27H24ClF3N2OS. The van der Waals surface area contributed by atoms with E-state index < -0.39 is 17.0 Å². The largest absolute Gasteiger partial charge is 0.495 e. The summed E-state index contributed by atoms with van der Waals surface area (Å²) in [5.74, 6) is -0.961. The van der Waals surface area contributed by atoms with Crippen LogP contribution in [0.5, 0.6) is 5.75 Å². The average molecular weight is 517 g/mol. The van der Waals surface area contributed by atoms with Gasteiger partial charge in [0.1, 0.15) is 23.2 Å². The molecule has 0 saturated carbocycles. The molecule has 0 bridgehead atoms. The first-order valence-electron chi connectivity index (χ1n) is 10.9. The van der Waals surface area contributed by atoms with E-state index in [4.69, 9.17) is 16.3 Å². The van der Waals surface area contributed by atoms with Crippen molar-refractivity contribution in [2.24, 2.45) is 0 Å². The summed E-state index contributed by atoms with van der Waals surface area (Å²) in [6, 6.07) is 14.2. The Labute approximate surface area is 211 Å². The number of imidazole rings is 1. The van der Waals surface area contributed by atoms with Gasteiger partial charge in [0.15, 0.2) is 5.16 Å². The molecule has 8 heteroatoms. The zero-order chi connectivity index (χ0) is 25.3. The van der Waals surface area contributed by atoms with Gasteiger partial charge in [-0.1, -0.05) is 43.3 Å². The van der Waals surface area contributed by atoms with E-state index in [2.05, 4.69) is 4.98 Å². The fourth-order valence-electron chi connectivity index (χ4n) is 3.92. The van der Waals surface area contributed by atoms with E-state index in [0.717, 1.165) is 11.3 Å². The van der Waals surface area contributed by atoms with Crippen LogP contribution in [0, 0.1) is 24.4 Å². The van der Waals surface area contributed by atoms with Gasteiger partial charge in [0.25, 0.3) is 0 Å². The number of aromatic nitrogens is 2. The maximum absolute atomic E-state index is 14.5. The smallest absolute Gasteiger partial charge is 0.173 e. The Kier molecular flexibility index (Phi) is 7.20. The molecule has 4 aromatic rings. The minimum absolute atomic E-state index is 0.0162. The number of rotatable bonds is 7. The summed E-state index contributed by atoms with van der Waals surface area (Å²) in [5.41, 5.74) is 2.34. The molecule has 0 aliphatic rings. The van der Waals surface area contributed by atoms with Crippen molar-refractivity contribution in [3.8, 4) is 11.4 Å². The minimum atomic E-state index is -0.594. The molecule has 0 saturated heterocycles. The summed E-state index contributed by atoms with van der Waals surface area (Å²) < 4.78 is 49.9. The number of methoxy groups -OCH3 is 1. The van der Waals surface area contributed by atoms with E-state index in [1.165, 1.54) is 36.0 Å². The molecule has 0 N–H and O–H groups in total. The van der Waals surface area contributed by atoms with Crippen molar-refractivity contribution in [2.75, 3.05) is 7.11 Å². The second kappa shape index (κ2) is 9.99. The lowest BCUT2D eigenvalue weighted by atomic mass is 9.81. The molecule has 1 heterocycles. The SMILES string of the molecule is COc1cc(C(C)(C)c2cnc(SCc3c(F)cc(C)cc3F)n2-c2ccc(F)cc2)ccc1Cl. The molecule has 0 spiro atoms. The summed E-state index contributed by atoms with van der Waals surface area (Å²) >= 11 is 7.44. The van der Waals surface area contributed by atoms with E-state index in [-0.39, 0.29) is 17.1 Å². The summed E-state index contributed by atoms with van der Waals surface area (Å²) in [5, 5.41) is 1.03. The van der Waals surface area contributed by atoms with Crippen molar-refractivity contribution in [1.29, 1.82) is 0 Å². The number of thioether (sulfide) groups is 1. The van der Waals surface area contributed by atoms with Crippen molar-refractivity contribution >= 4 is 23.4 Å². The molecular weight excluding hydrogens is 493 g/mol. The van der Waals surface area contributed by atoms with Gasteiger partial charge in [0.05, 0.1) is 24.0 Å². The number of benzene rings is 3. The van der Waals surface area contributed by atoms with Crippen LogP contribution in [0.4, 0.5) is 13.2 Å². The monoisotopic (exact) mass is 516 g/mol. The number of ether oxygens (including phenoxy) is 1. The highest BCUT2D eigenvalue weighted by Crippen LogP contribution is 2.39. The summed E-state index contributed by atoms with van der Waals surface area (Å²) in [6.07, 6.45) is 1.73. The van der Waals surface area contributed by atoms with Gasteiger partial charge in [0, 0.05) is 22.4 Å². The number of nitrogens with zero attached hydrogens (tertiary/aromatic N) is 2. The number of hydrogen-bond acceptors (Lipinski definition) is 3. The van der Waals surface area contributed by atoms with E-state index in [1.807, 2.05) is 30.5 Å². The predicted octanol–water partition coefficient (Wildman–Crippen LogP) is 7.88. The standard InChI is InChI=1S/C27H24ClF3N2OS/c1-16-11-22(30)20(23(31)12-16)15-35-26-32-14-25(33(26)19-8-6-18(29)7-9-19)27(2,3)17-5-10-21(28)24(13-17)34-4/h5-14H,15H2,1-4H3. The molecule has 3 aromatic carbocycles. The Morgan fingerprint density at radius 1 is 1.00 bits per heavy atom. The van der Waals surface area contributed by atoms with Crippen LogP contribution < -0.4 is 4.74 Å². The topological polar surface area (TPSA) is 27.1 Å².